The van der Waals surface area contributed by atoms with E-state index >= 15 is 0 Å². The van der Waals surface area contributed by atoms with Crippen LogP contribution >= 0.6 is 0 Å². The Labute approximate surface area is 65.1 Å². The van der Waals surface area contributed by atoms with Crippen LogP contribution in [0.3, 0.4) is 0 Å². The third kappa shape index (κ3) is 4.00. The second-order valence-corrected chi connectivity index (χ2v) is 1.75. The Bertz CT molecular complexity index is 166. The fourth-order valence-corrected chi connectivity index (χ4v) is 0.524. The van der Waals surface area contributed by atoms with E-state index in [1.807, 2.05) is 36.4 Å². The Kier molecular flexibility index (Phi) is 3.69. The lowest BCUT2D eigenvalue weighted by Gasteiger charge is -1.81. The maximum absolute atomic E-state index is 4.15. The summed E-state index contributed by atoms with van der Waals surface area (Å²) < 4.78 is 0. The first-order valence-corrected chi connectivity index (χ1v) is 3.23. The van der Waals surface area contributed by atoms with E-state index in [0.29, 0.717) is 0 Å². The predicted molar refractivity (Wildman–Crippen MR) is 40.9 cm³/mol. The van der Waals surface area contributed by atoms with Crippen LogP contribution in [0, 0.1) is 0 Å². The molecule has 1 aromatic rings. The van der Waals surface area contributed by atoms with Gasteiger partial charge in [-0.05, 0) is 0 Å². The molecule has 1 heterocycles. The molecule has 0 aliphatic carbocycles. The molecule has 0 saturated carbocycles. The van der Waals surface area contributed by atoms with Crippen molar-refractivity contribution in [2.75, 3.05) is 0 Å². The summed E-state index contributed by atoms with van der Waals surface area (Å²) in [6.45, 7) is 0. The second kappa shape index (κ2) is 5.32. The first kappa shape index (κ1) is 7.63. The molecule has 11 heavy (non-hydrogen) atoms. The van der Waals surface area contributed by atoms with E-state index < -0.39 is 0 Å². The molecule has 1 aliphatic heterocycles. The van der Waals surface area contributed by atoms with Gasteiger partial charge in [-0.2, -0.15) is 0 Å². The topological polar surface area (TPSA) is 30.5 Å². The van der Waals surface area contributed by atoms with Crippen molar-refractivity contribution in [3.8, 4) is 0 Å². The molecule has 0 amide bonds. The minimum Gasteiger partial charge on any atom is -0.321 e. The fraction of sp³-hybridized carbons (Fsp3) is 0. The zero-order valence-electron chi connectivity index (χ0n) is 5.94. The van der Waals surface area contributed by atoms with E-state index in [9.17, 15) is 0 Å². The van der Waals surface area contributed by atoms with Crippen LogP contribution in [0.25, 0.3) is 0 Å². The average Bonchev–Trinajstić information content (AvgIpc) is 2.64. The van der Waals surface area contributed by atoms with Crippen LogP contribution in [0.5, 0.6) is 0 Å². The quantitative estimate of drug-likeness (QED) is 0.571. The van der Waals surface area contributed by atoms with Crippen LogP contribution in [-0.4, -0.2) is 0 Å². The molecule has 1 aliphatic rings. The first-order chi connectivity index (χ1) is 5.50. The van der Waals surface area contributed by atoms with Gasteiger partial charge in [0.25, 0.3) is 0 Å². The van der Waals surface area contributed by atoms with Crippen LogP contribution in [0.2, 0.25) is 0 Å². The number of hydroxylamine groups is 1. The normalized spacial score (nSPS) is 12.4. The molecule has 0 unspecified atom stereocenters. The summed E-state index contributed by atoms with van der Waals surface area (Å²) in [6.07, 6.45) is 2.94. The SMILES string of the molecule is C1=COON1.c1ccccc1. The van der Waals surface area contributed by atoms with Crippen molar-refractivity contribution in [2.24, 2.45) is 0 Å². The van der Waals surface area contributed by atoms with Gasteiger partial charge in [-0.3, -0.25) is 0 Å². The van der Waals surface area contributed by atoms with Crippen LogP contribution in [-0.2, 0) is 9.88 Å². The first-order valence-electron chi connectivity index (χ1n) is 3.23. The molecule has 0 aromatic heterocycles. The van der Waals surface area contributed by atoms with Crippen molar-refractivity contribution in [1.29, 1.82) is 0 Å². The van der Waals surface area contributed by atoms with Gasteiger partial charge in [-0.15, -0.1) is 0 Å². The maximum atomic E-state index is 4.15. The van der Waals surface area contributed by atoms with E-state index in [1.54, 1.807) is 6.20 Å². The molecular weight excluding hydrogens is 142 g/mol. The smallest absolute Gasteiger partial charge is 0.150 e. The number of hydrogen-bond acceptors (Lipinski definition) is 3. The highest BCUT2D eigenvalue weighted by atomic mass is 17.3. The van der Waals surface area contributed by atoms with Gasteiger partial charge < -0.3 is 4.89 Å². The van der Waals surface area contributed by atoms with Crippen molar-refractivity contribution >= 4 is 0 Å². The van der Waals surface area contributed by atoms with Gasteiger partial charge in [0.1, 0.15) is 6.26 Å². The van der Waals surface area contributed by atoms with Crippen LogP contribution < -0.4 is 5.48 Å². The average molecular weight is 151 g/mol. The predicted octanol–water partition coefficient (Wildman–Crippen LogP) is 1.61. The largest absolute Gasteiger partial charge is 0.321 e. The third-order valence-corrected chi connectivity index (χ3v) is 0.955. The summed E-state index contributed by atoms with van der Waals surface area (Å²) in [5, 5.41) is 0. The summed E-state index contributed by atoms with van der Waals surface area (Å²) in [5.41, 5.74) is 2.32. The highest BCUT2D eigenvalue weighted by molar-refractivity contribution is 4.99. The Morgan fingerprint density at radius 2 is 1.36 bits per heavy atom. The monoisotopic (exact) mass is 151 g/mol. The minimum absolute atomic E-state index is 1.40. The summed E-state index contributed by atoms with van der Waals surface area (Å²) in [7, 11) is 0. The zero-order chi connectivity index (χ0) is 7.78. The van der Waals surface area contributed by atoms with E-state index in [4.69, 9.17) is 0 Å². The third-order valence-electron chi connectivity index (χ3n) is 0.955. The van der Waals surface area contributed by atoms with Gasteiger partial charge in [0.05, 0.1) is 6.20 Å². The van der Waals surface area contributed by atoms with E-state index in [2.05, 4.69) is 15.4 Å². The lowest BCUT2D eigenvalue weighted by atomic mass is 10.4. The molecule has 0 radical (unpaired) electrons. The Morgan fingerprint density at radius 3 is 1.55 bits per heavy atom. The van der Waals surface area contributed by atoms with Gasteiger partial charge in [0.15, 0.2) is 0 Å². The molecule has 1 N–H and O–H groups in total. The molecule has 3 nitrogen and oxygen atoms in total. The van der Waals surface area contributed by atoms with Crippen LogP contribution in [0.15, 0.2) is 48.9 Å². The lowest BCUT2D eigenvalue weighted by Crippen LogP contribution is -1.94. The number of hydrogen-bond donors (Lipinski definition) is 1. The van der Waals surface area contributed by atoms with Crippen molar-refractivity contribution < 1.29 is 9.88 Å². The van der Waals surface area contributed by atoms with Crippen molar-refractivity contribution in [2.45, 2.75) is 0 Å². The second-order valence-electron chi connectivity index (χ2n) is 1.75. The Morgan fingerprint density at radius 1 is 0.818 bits per heavy atom. The molecule has 0 saturated heterocycles. The summed E-state index contributed by atoms with van der Waals surface area (Å²) >= 11 is 0. The summed E-state index contributed by atoms with van der Waals surface area (Å²) in [4.78, 5) is 8.24. The van der Waals surface area contributed by atoms with E-state index in [1.165, 1.54) is 6.26 Å². The molecule has 0 atom stereocenters. The highest BCUT2D eigenvalue weighted by Crippen LogP contribution is 1.81. The Hall–Kier alpha value is -1.48. The fourth-order valence-electron chi connectivity index (χ4n) is 0.524. The lowest BCUT2D eigenvalue weighted by molar-refractivity contribution is -0.264. The van der Waals surface area contributed by atoms with Gasteiger partial charge in [-0.1, -0.05) is 41.4 Å². The van der Waals surface area contributed by atoms with Gasteiger partial charge >= 0.3 is 0 Å². The van der Waals surface area contributed by atoms with Crippen LogP contribution in [0.4, 0.5) is 0 Å². The molecule has 2 rings (SSSR count). The molecule has 3 heteroatoms. The highest BCUT2D eigenvalue weighted by Gasteiger charge is 1.81. The van der Waals surface area contributed by atoms with Crippen LogP contribution in [0.1, 0.15) is 0 Å². The molecule has 0 bridgehead atoms. The van der Waals surface area contributed by atoms with E-state index in [0.717, 1.165) is 0 Å². The molecular formula is C8H9NO2. The number of benzene rings is 1. The molecule has 0 fully saturated rings. The Balaban J connectivity index is 0.000000112. The van der Waals surface area contributed by atoms with Gasteiger partial charge in [0.2, 0.25) is 0 Å². The van der Waals surface area contributed by atoms with Crippen molar-refractivity contribution in [3.63, 3.8) is 0 Å². The molecule has 0 spiro atoms. The molecule has 1 aromatic carbocycles. The van der Waals surface area contributed by atoms with Crippen molar-refractivity contribution in [3.05, 3.63) is 48.9 Å². The summed E-state index contributed by atoms with van der Waals surface area (Å²) in [6, 6.07) is 12.0. The molecule has 58 valence electrons. The van der Waals surface area contributed by atoms with Crippen molar-refractivity contribution in [1.82, 2.24) is 5.48 Å². The maximum Gasteiger partial charge on any atom is 0.150 e. The summed E-state index contributed by atoms with van der Waals surface area (Å²) in [5.74, 6) is 0. The number of nitrogens with one attached hydrogen (secondary N) is 1. The minimum atomic E-state index is 1.40. The zero-order valence-corrected chi connectivity index (χ0v) is 5.94. The van der Waals surface area contributed by atoms with E-state index in [-0.39, 0.29) is 0 Å². The van der Waals surface area contributed by atoms with Gasteiger partial charge in [-0.25, -0.2) is 5.48 Å². The van der Waals surface area contributed by atoms with Gasteiger partial charge in [0, 0.05) is 0 Å². The number of rotatable bonds is 0. The standard InChI is InChI=1S/C6H6.C2H3NO2/c1-2-4-6-5-3-1;1-2-4-5-3-1/h1-6H;1-3H.